The van der Waals surface area contributed by atoms with Crippen LogP contribution in [-0.2, 0) is 5.41 Å². The molecule has 0 saturated heterocycles. The van der Waals surface area contributed by atoms with Crippen molar-refractivity contribution >= 4 is 38.9 Å². The Kier molecular flexibility index (Phi) is 6.81. The van der Waals surface area contributed by atoms with Crippen molar-refractivity contribution in [3.63, 3.8) is 0 Å². The molecule has 3 heteroatoms. The minimum absolute atomic E-state index is 0.0291. The third-order valence-corrected chi connectivity index (χ3v) is 13.8. The van der Waals surface area contributed by atoms with E-state index in [0.29, 0.717) is 11.8 Å². The van der Waals surface area contributed by atoms with Gasteiger partial charge in [0.05, 0.1) is 16.7 Å². The van der Waals surface area contributed by atoms with Crippen LogP contribution < -0.4 is 9.64 Å². The lowest BCUT2D eigenvalue weighted by Gasteiger charge is -2.63. The highest BCUT2D eigenvalue weighted by atomic mass is 16.5. The fourth-order valence-electron chi connectivity index (χ4n) is 11.9. The molecule has 2 heterocycles. The first-order chi connectivity index (χ1) is 27.2. The molecular weight excluding hydrogens is 669 g/mol. The van der Waals surface area contributed by atoms with Gasteiger partial charge in [-0.15, -0.1) is 0 Å². The lowest BCUT2D eigenvalue weighted by atomic mass is 9.42. The molecule has 0 radical (unpaired) electrons. The Morgan fingerprint density at radius 1 is 0.491 bits per heavy atom. The average molecular weight is 711 g/mol. The van der Waals surface area contributed by atoms with Gasteiger partial charge in [-0.1, -0.05) is 103 Å². The van der Waals surface area contributed by atoms with E-state index in [9.17, 15) is 0 Å². The van der Waals surface area contributed by atoms with E-state index >= 15 is 0 Å². The Morgan fingerprint density at radius 2 is 1.07 bits per heavy atom. The van der Waals surface area contributed by atoms with E-state index in [1.165, 1.54) is 81.9 Å². The number of ether oxygens (including phenoxy) is 1. The van der Waals surface area contributed by atoms with Gasteiger partial charge in [0.25, 0.3) is 0 Å². The number of hydrogen-bond donors (Lipinski definition) is 0. The predicted octanol–water partition coefficient (Wildman–Crippen LogP) is 13.8. The Morgan fingerprint density at radius 3 is 1.80 bits per heavy atom. The average Bonchev–Trinajstić information content (AvgIpc) is 3.57. The summed E-state index contributed by atoms with van der Waals surface area (Å²) in [6, 6.07) is 62.5. The molecule has 0 amide bonds. The summed E-state index contributed by atoms with van der Waals surface area (Å²) in [6.07, 6.45) is 6.75. The van der Waals surface area contributed by atoms with Crippen LogP contribution in [0.3, 0.4) is 0 Å². The van der Waals surface area contributed by atoms with Gasteiger partial charge in [-0.25, -0.2) is 0 Å². The summed E-state index contributed by atoms with van der Waals surface area (Å²) >= 11 is 0. The molecule has 4 fully saturated rings. The second kappa shape index (κ2) is 12.0. The van der Waals surface area contributed by atoms with E-state index < -0.39 is 0 Å². The fourth-order valence-corrected chi connectivity index (χ4v) is 11.9. The Bertz CT molecular complexity index is 2680. The highest BCUT2D eigenvalue weighted by Gasteiger charge is 2.61. The zero-order valence-corrected chi connectivity index (χ0v) is 30.8. The van der Waals surface area contributed by atoms with Crippen LogP contribution in [-0.4, -0.2) is 4.57 Å². The molecule has 4 bridgehead atoms. The Hall–Kier alpha value is -6.06. The number of aromatic nitrogens is 1. The topological polar surface area (TPSA) is 17.4 Å². The van der Waals surface area contributed by atoms with Crippen LogP contribution in [0.1, 0.15) is 43.2 Å². The molecule has 0 atom stereocenters. The molecule has 7 aromatic carbocycles. The number of nitrogens with zero attached hydrogens (tertiary/aromatic N) is 2. The Balaban J connectivity index is 1.06. The third kappa shape index (κ3) is 4.56. The monoisotopic (exact) mass is 710 g/mol. The molecule has 4 saturated carbocycles. The lowest BCUT2D eigenvalue weighted by molar-refractivity contribution is -0.0452. The lowest BCUT2D eigenvalue weighted by Crippen LogP contribution is -2.57. The van der Waals surface area contributed by atoms with Crippen molar-refractivity contribution in [1.82, 2.24) is 4.57 Å². The van der Waals surface area contributed by atoms with Gasteiger partial charge in [-0.05, 0) is 128 Å². The van der Waals surface area contributed by atoms with Crippen LogP contribution in [0.25, 0.3) is 38.6 Å². The van der Waals surface area contributed by atoms with Crippen molar-refractivity contribution in [2.75, 3.05) is 4.90 Å². The van der Waals surface area contributed by atoms with E-state index in [0.717, 1.165) is 40.4 Å². The highest BCUT2D eigenvalue weighted by Crippen LogP contribution is 2.69. The number of anilines is 3. The van der Waals surface area contributed by atoms with Gasteiger partial charge >= 0.3 is 0 Å². The summed E-state index contributed by atoms with van der Waals surface area (Å²) in [5.74, 6) is 5.11. The SMILES string of the molecule is c1ccc(-c2ccccc2N(c2ccc(-n3c4ccccc4c4ccccc43)cc2)c2ccc3c(c2)C2(c4ccccc4O3)[C@H]3C[C@H]4C[C@H](C[C@H]2C4)C3)cc1. The van der Waals surface area contributed by atoms with E-state index in [1.54, 1.807) is 0 Å². The Labute approximate surface area is 322 Å². The smallest absolute Gasteiger partial charge is 0.131 e. The van der Waals surface area contributed by atoms with Gasteiger partial charge < -0.3 is 14.2 Å². The molecule has 0 unspecified atom stereocenters. The van der Waals surface area contributed by atoms with Crippen molar-refractivity contribution in [2.45, 2.75) is 37.5 Å². The largest absolute Gasteiger partial charge is 0.457 e. The molecule has 4 aliphatic carbocycles. The van der Waals surface area contributed by atoms with E-state index in [4.69, 9.17) is 4.74 Å². The molecule has 0 N–H and O–H groups in total. The maximum Gasteiger partial charge on any atom is 0.131 e. The second-order valence-corrected chi connectivity index (χ2v) is 16.6. The first kappa shape index (κ1) is 31.3. The van der Waals surface area contributed by atoms with Gasteiger partial charge in [0, 0.05) is 49.9 Å². The summed E-state index contributed by atoms with van der Waals surface area (Å²) in [6.45, 7) is 0. The van der Waals surface area contributed by atoms with Gasteiger partial charge in [0.2, 0.25) is 0 Å². The normalized spacial score (nSPS) is 23.1. The van der Waals surface area contributed by atoms with Crippen molar-refractivity contribution in [1.29, 1.82) is 0 Å². The van der Waals surface area contributed by atoms with E-state index in [-0.39, 0.29) is 5.41 Å². The molecule has 1 aromatic heterocycles. The quantitative estimate of drug-likeness (QED) is 0.177. The summed E-state index contributed by atoms with van der Waals surface area (Å²) in [4.78, 5) is 2.49. The van der Waals surface area contributed by atoms with Crippen molar-refractivity contribution < 1.29 is 4.74 Å². The van der Waals surface area contributed by atoms with Crippen LogP contribution in [0.4, 0.5) is 17.1 Å². The summed E-state index contributed by atoms with van der Waals surface area (Å²) in [5.41, 5.74) is 12.2. The molecule has 3 nitrogen and oxygen atoms in total. The van der Waals surface area contributed by atoms with Crippen molar-refractivity contribution in [3.8, 4) is 28.3 Å². The summed E-state index contributed by atoms with van der Waals surface area (Å²) in [5, 5.41) is 2.55. The first-order valence-electron chi connectivity index (χ1n) is 20.2. The standard InChI is InChI=1S/C52H42N2O/c1-2-12-36(13-3-1)42-14-4-8-18-47(42)53(39-22-24-40(25-23-39)54-48-19-9-5-15-43(48)44-16-6-10-20-49(44)54)41-26-27-51-46(33-41)52(45-17-7-11-21-50(45)55-51)37-29-34-28-35(31-37)32-38(52)30-34/h1-27,33-35,37-38H,28-32H2/t34-,35+,37+,38-,52?. The zero-order valence-electron chi connectivity index (χ0n) is 30.8. The predicted molar refractivity (Wildman–Crippen MR) is 225 cm³/mol. The van der Waals surface area contributed by atoms with Gasteiger partial charge in [0.1, 0.15) is 11.5 Å². The zero-order chi connectivity index (χ0) is 36.1. The number of para-hydroxylation sites is 4. The van der Waals surface area contributed by atoms with Crippen LogP contribution in [0.2, 0.25) is 0 Å². The molecule has 13 rings (SSSR count). The second-order valence-electron chi connectivity index (χ2n) is 16.6. The highest BCUT2D eigenvalue weighted by molar-refractivity contribution is 6.09. The molecule has 8 aromatic rings. The van der Waals surface area contributed by atoms with Crippen molar-refractivity contribution in [2.24, 2.45) is 23.7 Å². The molecule has 1 aliphatic heterocycles. The maximum atomic E-state index is 6.85. The van der Waals surface area contributed by atoms with Gasteiger partial charge in [0.15, 0.2) is 0 Å². The minimum atomic E-state index is -0.0291. The van der Waals surface area contributed by atoms with Gasteiger partial charge in [-0.3, -0.25) is 0 Å². The first-order valence-corrected chi connectivity index (χ1v) is 20.2. The fraction of sp³-hybridized carbons (Fsp3) is 0.192. The molecule has 1 spiro atoms. The van der Waals surface area contributed by atoms with Crippen LogP contribution >= 0.6 is 0 Å². The van der Waals surface area contributed by atoms with Gasteiger partial charge in [-0.2, -0.15) is 0 Å². The molecule has 5 aliphatic rings. The molecular formula is C52H42N2O. The number of hydrogen-bond acceptors (Lipinski definition) is 2. The van der Waals surface area contributed by atoms with Crippen LogP contribution in [0.15, 0.2) is 170 Å². The summed E-state index contributed by atoms with van der Waals surface area (Å²) in [7, 11) is 0. The van der Waals surface area contributed by atoms with E-state index in [2.05, 4.69) is 179 Å². The molecule has 266 valence electrons. The number of rotatable bonds is 5. The number of benzene rings is 7. The summed E-state index contributed by atoms with van der Waals surface area (Å²) < 4.78 is 9.26. The van der Waals surface area contributed by atoms with Crippen LogP contribution in [0, 0.1) is 23.7 Å². The third-order valence-electron chi connectivity index (χ3n) is 13.8. The molecule has 55 heavy (non-hydrogen) atoms. The van der Waals surface area contributed by atoms with E-state index in [1.807, 2.05) is 0 Å². The van der Waals surface area contributed by atoms with Crippen LogP contribution in [0.5, 0.6) is 11.5 Å². The number of fused-ring (bicyclic) bond motifs is 5. The minimum Gasteiger partial charge on any atom is -0.457 e. The van der Waals surface area contributed by atoms with Crippen molar-refractivity contribution in [3.05, 3.63) is 181 Å². The maximum absolute atomic E-state index is 6.85.